The highest BCUT2D eigenvalue weighted by Crippen LogP contribution is 2.31. The second kappa shape index (κ2) is 11.7. The Morgan fingerprint density at radius 1 is 1.14 bits per heavy atom. The second-order valence-corrected chi connectivity index (χ2v) is 9.62. The third kappa shape index (κ3) is 5.44. The number of aliphatic hydroxyl groups is 1. The first kappa shape index (κ1) is 26.6. The maximum absolute atomic E-state index is 15.2. The van der Waals surface area contributed by atoms with Crippen LogP contribution in [0.15, 0.2) is 35.3 Å². The zero-order chi connectivity index (χ0) is 25.8. The predicted molar refractivity (Wildman–Crippen MR) is 142 cm³/mol. The van der Waals surface area contributed by atoms with Crippen molar-refractivity contribution < 1.29 is 19.0 Å². The molecular weight excluding hydrogens is 483 g/mol. The fourth-order valence-corrected chi connectivity index (χ4v) is 5.09. The van der Waals surface area contributed by atoms with Crippen molar-refractivity contribution in [2.75, 3.05) is 51.0 Å². The minimum atomic E-state index is -0.436. The summed E-state index contributed by atoms with van der Waals surface area (Å²) in [5.41, 5.74) is 4.52. The van der Waals surface area contributed by atoms with Crippen molar-refractivity contribution in [3.63, 3.8) is 0 Å². The highest BCUT2D eigenvalue weighted by atomic mass is 35.5. The number of aryl methyl sites for hydroxylation is 2. The summed E-state index contributed by atoms with van der Waals surface area (Å²) in [7, 11) is 0. The number of halogens is 2. The highest BCUT2D eigenvalue weighted by Gasteiger charge is 2.20. The summed E-state index contributed by atoms with van der Waals surface area (Å²) in [6.07, 6.45) is 2.81. The lowest BCUT2D eigenvalue weighted by Crippen LogP contribution is -2.36. The number of anilines is 1. The Bertz CT molecular complexity index is 1290. The number of hydrogen-bond donors (Lipinski definition) is 1. The van der Waals surface area contributed by atoms with Crippen LogP contribution in [-0.4, -0.2) is 55.8 Å². The van der Waals surface area contributed by atoms with Gasteiger partial charge >= 0.3 is 0 Å². The highest BCUT2D eigenvalue weighted by molar-refractivity contribution is 6.31. The van der Waals surface area contributed by atoms with Crippen LogP contribution in [0.25, 0.3) is 10.9 Å². The summed E-state index contributed by atoms with van der Waals surface area (Å²) in [5.74, 6) is -0.436. The topological polar surface area (TPSA) is 63.9 Å². The number of hydrogen-bond acceptors (Lipinski definition) is 5. The Kier molecular flexibility index (Phi) is 8.67. The average Bonchev–Trinajstić information content (AvgIpc) is 2.90. The van der Waals surface area contributed by atoms with Gasteiger partial charge in [-0.25, -0.2) is 4.39 Å². The van der Waals surface area contributed by atoms with E-state index in [-0.39, 0.29) is 23.1 Å². The van der Waals surface area contributed by atoms with Crippen LogP contribution in [0.5, 0.6) is 0 Å². The molecule has 1 N–H and O–H groups in total. The number of rotatable bonds is 9. The van der Waals surface area contributed by atoms with E-state index in [0.717, 1.165) is 35.4 Å². The number of morpholine rings is 1. The Morgan fingerprint density at radius 2 is 1.89 bits per heavy atom. The number of benzene rings is 2. The molecule has 0 radical (unpaired) electrons. The maximum Gasteiger partial charge on any atom is 0.192 e. The van der Waals surface area contributed by atoms with E-state index in [1.165, 1.54) is 0 Å². The molecule has 1 aliphatic heterocycles. The van der Waals surface area contributed by atoms with E-state index < -0.39 is 5.82 Å². The lowest BCUT2D eigenvalue weighted by molar-refractivity contribution is 0.0866. The molecule has 1 aromatic heterocycles. The van der Waals surface area contributed by atoms with Crippen LogP contribution < -0.4 is 10.3 Å². The lowest BCUT2D eigenvalue weighted by Gasteiger charge is -2.29. The molecule has 1 fully saturated rings. The molecule has 36 heavy (non-hydrogen) atoms. The monoisotopic (exact) mass is 516 g/mol. The number of aliphatic hydroxyl groups excluding tert-OH is 1. The van der Waals surface area contributed by atoms with E-state index in [4.69, 9.17) is 21.1 Å². The summed E-state index contributed by atoms with van der Waals surface area (Å²) < 4.78 is 28.1. The number of nitrogens with zero attached hydrogens (tertiary/aromatic N) is 2. The van der Waals surface area contributed by atoms with Crippen molar-refractivity contribution in [3.8, 4) is 0 Å². The van der Waals surface area contributed by atoms with Crippen molar-refractivity contribution in [2.24, 2.45) is 0 Å². The van der Waals surface area contributed by atoms with Gasteiger partial charge in [-0.05, 0) is 61.2 Å². The fourth-order valence-electron chi connectivity index (χ4n) is 4.86. The number of pyridine rings is 1. The normalized spacial score (nSPS) is 15.0. The van der Waals surface area contributed by atoms with Gasteiger partial charge in [-0.15, -0.1) is 0 Å². The van der Waals surface area contributed by atoms with Gasteiger partial charge in [-0.3, -0.25) is 4.79 Å². The minimum Gasteiger partial charge on any atom is -0.394 e. The van der Waals surface area contributed by atoms with E-state index in [0.29, 0.717) is 55.8 Å². The summed E-state index contributed by atoms with van der Waals surface area (Å²) >= 11 is 6.31. The Labute approximate surface area is 216 Å². The van der Waals surface area contributed by atoms with Crippen LogP contribution in [0.4, 0.5) is 10.1 Å². The Hall–Kier alpha value is -2.45. The van der Waals surface area contributed by atoms with Crippen LogP contribution in [0.3, 0.4) is 0 Å². The zero-order valence-corrected chi connectivity index (χ0v) is 21.9. The predicted octanol–water partition coefficient (Wildman–Crippen LogP) is 4.66. The van der Waals surface area contributed by atoms with E-state index >= 15 is 4.39 Å². The average molecular weight is 517 g/mol. The molecular formula is C28H34ClFN2O4. The second-order valence-electron chi connectivity index (χ2n) is 9.21. The van der Waals surface area contributed by atoms with Crippen LogP contribution in [-0.2, 0) is 22.3 Å². The van der Waals surface area contributed by atoms with Gasteiger partial charge in [0.1, 0.15) is 5.82 Å². The number of ether oxygens (including phenoxy) is 2. The SMILES string of the molecule is CCOC[C@@H](CO)n1cc(C)c(=O)c2cc(Cc3cc(N4CCOCC4)cc(Cl)c3F)c(CC)cc21. The zero-order valence-electron chi connectivity index (χ0n) is 21.2. The van der Waals surface area contributed by atoms with E-state index in [2.05, 4.69) is 4.90 Å². The molecule has 2 heterocycles. The molecule has 8 heteroatoms. The van der Waals surface area contributed by atoms with Crippen molar-refractivity contribution in [3.05, 3.63) is 73.8 Å². The van der Waals surface area contributed by atoms with Crippen molar-refractivity contribution in [2.45, 2.75) is 39.7 Å². The first-order valence-electron chi connectivity index (χ1n) is 12.5. The molecule has 0 spiro atoms. The third-order valence-corrected chi connectivity index (χ3v) is 7.15. The molecule has 0 unspecified atom stereocenters. The summed E-state index contributed by atoms with van der Waals surface area (Å²) in [5, 5.41) is 10.7. The quantitative estimate of drug-likeness (QED) is 0.448. The van der Waals surface area contributed by atoms with Gasteiger partial charge < -0.3 is 24.0 Å². The third-order valence-electron chi connectivity index (χ3n) is 6.88. The van der Waals surface area contributed by atoms with Crippen LogP contribution in [0.1, 0.15) is 42.1 Å². The van der Waals surface area contributed by atoms with Crippen LogP contribution >= 0.6 is 11.6 Å². The van der Waals surface area contributed by atoms with E-state index in [1.54, 1.807) is 19.2 Å². The van der Waals surface area contributed by atoms with Crippen molar-refractivity contribution in [1.29, 1.82) is 0 Å². The smallest absolute Gasteiger partial charge is 0.192 e. The van der Waals surface area contributed by atoms with Gasteiger partial charge in [0.05, 0.1) is 43.0 Å². The van der Waals surface area contributed by atoms with Gasteiger partial charge in [-0.2, -0.15) is 0 Å². The largest absolute Gasteiger partial charge is 0.394 e. The molecule has 1 atom stereocenters. The molecule has 0 bridgehead atoms. The molecule has 194 valence electrons. The van der Waals surface area contributed by atoms with Crippen molar-refractivity contribution >= 4 is 28.2 Å². The van der Waals surface area contributed by atoms with Gasteiger partial charge in [0, 0.05) is 49.0 Å². The first-order chi connectivity index (χ1) is 17.4. The van der Waals surface area contributed by atoms with Crippen molar-refractivity contribution in [1.82, 2.24) is 4.57 Å². The van der Waals surface area contributed by atoms with Crippen LogP contribution in [0, 0.1) is 12.7 Å². The summed E-state index contributed by atoms with van der Waals surface area (Å²) in [6.45, 7) is 9.18. The Balaban J connectivity index is 1.81. The Morgan fingerprint density at radius 3 is 2.56 bits per heavy atom. The van der Waals surface area contributed by atoms with Gasteiger partial charge in [-0.1, -0.05) is 18.5 Å². The summed E-state index contributed by atoms with van der Waals surface area (Å²) in [6, 6.07) is 7.08. The molecule has 2 aromatic carbocycles. The van der Waals surface area contributed by atoms with Gasteiger partial charge in [0.25, 0.3) is 0 Å². The standard InChI is InChI=1S/C28H34ClFN2O4/c1-4-19-13-26-24(28(34)18(3)15-32(26)23(16-33)17-35-5-2)12-20(19)10-21-11-22(14-25(29)27(21)30)31-6-8-36-9-7-31/h11-15,23,33H,4-10,16-17H2,1-3H3/t23-/m1/s1. The molecule has 3 aromatic rings. The van der Waals surface area contributed by atoms with Gasteiger partial charge in [0.2, 0.25) is 0 Å². The maximum atomic E-state index is 15.2. The van der Waals surface area contributed by atoms with Crippen LogP contribution in [0.2, 0.25) is 5.02 Å². The number of aromatic nitrogens is 1. The molecule has 4 rings (SSSR count). The summed E-state index contributed by atoms with van der Waals surface area (Å²) in [4.78, 5) is 15.3. The molecule has 6 nitrogen and oxygen atoms in total. The van der Waals surface area contributed by atoms with E-state index in [1.807, 2.05) is 36.6 Å². The first-order valence-corrected chi connectivity index (χ1v) is 12.9. The molecule has 0 amide bonds. The molecule has 1 saturated heterocycles. The minimum absolute atomic E-state index is 0.0705. The van der Waals surface area contributed by atoms with Gasteiger partial charge in [0.15, 0.2) is 5.43 Å². The fraction of sp³-hybridized carbons (Fsp3) is 0.464. The lowest BCUT2D eigenvalue weighted by atomic mass is 9.94. The number of fused-ring (bicyclic) bond motifs is 1. The molecule has 1 aliphatic rings. The molecule has 0 saturated carbocycles. The molecule has 0 aliphatic carbocycles. The van der Waals surface area contributed by atoms with E-state index in [9.17, 15) is 9.90 Å².